The van der Waals surface area contributed by atoms with E-state index in [1.165, 1.54) is 0 Å². The van der Waals surface area contributed by atoms with Crippen LogP contribution < -0.4 is 4.90 Å². The first-order valence-corrected chi connectivity index (χ1v) is 9.89. The molecular weight excluding hydrogens is 432 g/mol. The van der Waals surface area contributed by atoms with E-state index < -0.39 is 11.7 Å². The van der Waals surface area contributed by atoms with Crippen molar-refractivity contribution in [2.24, 2.45) is 0 Å². The summed E-state index contributed by atoms with van der Waals surface area (Å²) < 4.78 is 1.76. The molecule has 2 aliphatic carbocycles. The van der Waals surface area contributed by atoms with Gasteiger partial charge in [0.25, 0.3) is 11.7 Å². The van der Waals surface area contributed by atoms with E-state index in [1.54, 1.807) is 15.6 Å². The van der Waals surface area contributed by atoms with E-state index in [-0.39, 0.29) is 17.1 Å². The topological polar surface area (TPSA) is 68.1 Å². The molecule has 0 saturated heterocycles. The normalized spacial score (nSPS) is 18.0. The Morgan fingerprint density at radius 2 is 1.58 bits per heavy atom. The Balaban J connectivity index is 0.000000401. The van der Waals surface area contributed by atoms with Gasteiger partial charge in [-0.1, -0.05) is 16.8 Å². The Kier molecular flexibility index (Phi) is 8.44. The number of ketones is 1. The van der Waals surface area contributed by atoms with Crippen molar-refractivity contribution >= 4 is 17.4 Å². The fourth-order valence-corrected chi connectivity index (χ4v) is 3.43. The second-order valence-corrected chi connectivity index (χ2v) is 7.16. The first-order chi connectivity index (χ1) is 14.6. The molecule has 31 heavy (non-hydrogen) atoms. The number of aromatic nitrogens is 3. The number of hydrogen-bond acceptors (Lipinski definition) is 4. The standard InChI is InChI=1S/C19H17N4O2.C5H5.Fe/c1-13-7-8-17-15(11-13)18(24)19(25)23(17)10-4-9-22-12-16(20-21-22)14-5-2-3-6-14;1-2-4-5-3-1;/h2-3,5-8,11-12H,4,9-10H2,1H3;1-5H;/q;;+2. The Labute approximate surface area is 195 Å². The first-order valence-electron chi connectivity index (χ1n) is 9.89. The van der Waals surface area contributed by atoms with E-state index in [9.17, 15) is 9.59 Å². The molecule has 2 fully saturated rings. The van der Waals surface area contributed by atoms with Gasteiger partial charge >= 0.3 is 17.1 Å². The summed E-state index contributed by atoms with van der Waals surface area (Å²) in [7, 11) is 0. The van der Waals surface area contributed by atoms with Crippen LogP contribution in [-0.2, 0) is 28.4 Å². The molecule has 1 amide bonds. The van der Waals surface area contributed by atoms with E-state index >= 15 is 0 Å². The second kappa shape index (κ2) is 11.1. The SMILES string of the molecule is Cc1ccc2c(c1)C(=O)C(=O)N2CCCn1cc([C]2[CH][CH][CH][CH]2)nn1.[CH]1[CH][CH][CH][CH]1.[Fe+2]. The zero-order valence-electron chi connectivity index (χ0n) is 17.1. The van der Waals surface area contributed by atoms with Crippen LogP contribution in [0, 0.1) is 70.6 Å². The van der Waals surface area contributed by atoms with Crippen LogP contribution in [0.4, 0.5) is 5.69 Å². The molecule has 6 nitrogen and oxygen atoms in total. The van der Waals surface area contributed by atoms with Crippen molar-refractivity contribution < 1.29 is 26.7 Å². The molecule has 0 bridgehead atoms. The monoisotopic (exact) mass is 454 g/mol. The van der Waals surface area contributed by atoms with Crippen molar-refractivity contribution in [1.29, 1.82) is 0 Å². The van der Waals surface area contributed by atoms with Crippen molar-refractivity contribution in [3.63, 3.8) is 0 Å². The van der Waals surface area contributed by atoms with Crippen molar-refractivity contribution in [2.75, 3.05) is 11.4 Å². The fraction of sp³-hybridized carbons (Fsp3) is 0.167. The van der Waals surface area contributed by atoms with Crippen LogP contribution in [0.2, 0.25) is 0 Å². The van der Waals surface area contributed by atoms with Crippen LogP contribution in [0.15, 0.2) is 24.4 Å². The Hall–Kier alpha value is -1.98. The molecule has 1 aliphatic heterocycles. The van der Waals surface area contributed by atoms with Gasteiger partial charge in [0.05, 0.1) is 16.9 Å². The minimum atomic E-state index is -0.448. The number of aryl methyl sites for hydroxylation is 2. The molecule has 7 heteroatoms. The van der Waals surface area contributed by atoms with Crippen molar-refractivity contribution in [3.8, 4) is 0 Å². The summed E-state index contributed by atoms with van der Waals surface area (Å²) >= 11 is 0. The van der Waals surface area contributed by atoms with Gasteiger partial charge in [-0.05, 0) is 83.3 Å². The molecule has 3 aliphatic rings. The molecule has 0 N–H and O–H groups in total. The average molecular weight is 454 g/mol. The number of amides is 1. The largest absolute Gasteiger partial charge is 2.00 e. The van der Waals surface area contributed by atoms with Crippen molar-refractivity contribution in [3.05, 3.63) is 105 Å². The van der Waals surface area contributed by atoms with E-state index in [0.29, 0.717) is 30.8 Å². The smallest absolute Gasteiger partial charge is 0.305 e. The van der Waals surface area contributed by atoms with Crippen LogP contribution in [0.25, 0.3) is 0 Å². The van der Waals surface area contributed by atoms with Crippen LogP contribution in [0.3, 0.4) is 0 Å². The summed E-state index contributed by atoms with van der Waals surface area (Å²) in [5, 5.41) is 8.28. The summed E-state index contributed by atoms with van der Waals surface area (Å²) in [5.41, 5.74) is 3.02. The number of nitrogens with zero attached hydrogens (tertiary/aromatic N) is 4. The zero-order valence-corrected chi connectivity index (χ0v) is 18.2. The average Bonchev–Trinajstić information content (AvgIpc) is 3.54. The first kappa shape index (κ1) is 23.7. The molecule has 0 unspecified atom stereocenters. The molecule has 0 atom stereocenters. The van der Waals surface area contributed by atoms with Gasteiger partial charge < -0.3 is 4.90 Å². The van der Waals surface area contributed by atoms with E-state index in [4.69, 9.17) is 0 Å². The molecule has 10 radical (unpaired) electrons. The minimum absolute atomic E-state index is 0. The predicted octanol–water partition coefficient (Wildman–Crippen LogP) is 2.98. The van der Waals surface area contributed by atoms with Gasteiger partial charge in [-0.15, -0.1) is 5.10 Å². The van der Waals surface area contributed by atoms with E-state index in [0.717, 1.165) is 17.2 Å². The second-order valence-electron chi connectivity index (χ2n) is 7.16. The van der Waals surface area contributed by atoms with Crippen molar-refractivity contribution in [2.45, 2.75) is 19.9 Å². The summed E-state index contributed by atoms with van der Waals surface area (Å²) in [6.07, 6.45) is 20.5. The Morgan fingerprint density at radius 1 is 0.903 bits per heavy atom. The van der Waals surface area contributed by atoms with Crippen LogP contribution in [-0.4, -0.2) is 33.2 Å². The molecule has 2 heterocycles. The predicted molar refractivity (Wildman–Crippen MR) is 114 cm³/mol. The van der Waals surface area contributed by atoms with Crippen LogP contribution >= 0.6 is 0 Å². The van der Waals surface area contributed by atoms with Crippen molar-refractivity contribution in [1.82, 2.24) is 15.0 Å². The van der Waals surface area contributed by atoms with Gasteiger partial charge in [-0.2, -0.15) is 0 Å². The minimum Gasteiger partial charge on any atom is -0.305 e. The molecule has 1 aromatic carbocycles. The number of anilines is 1. The van der Waals surface area contributed by atoms with Crippen LogP contribution in [0.1, 0.15) is 28.0 Å². The number of benzene rings is 1. The number of carbonyl (C=O) groups excluding carboxylic acids is 2. The van der Waals surface area contributed by atoms with Gasteiger partial charge in [-0.25, -0.2) is 0 Å². The third-order valence-electron chi connectivity index (χ3n) is 4.95. The van der Waals surface area contributed by atoms with Crippen LogP contribution in [0.5, 0.6) is 0 Å². The van der Waals surface area contributed by atoms with E-state index in [1.807, 2.05) is 83.0 Å². The quantitative estimate of drug-likeness (QED) is 0.515. The summed E-state index contributed by atoms with van der Waals surface area (Å²) in [6, 6.07) is 5.54. The molecule has 2 saturated carbocycles. The summed E-state index contributed by atoms with van der Waals surface area (Å²) in [5.74, 6) is 0.172. The molecule has 1 aromatic heterocycles. The number of hydrogen-bond donors (Lipinski definition) is 0. The summed E-state index contributed by atoms with van der Waals surface area (Å²) in [4.78, 5) is 25.9. The fourth-order valence-electron chi connectivity index (χ4n) is 3.43. The molecule has 2 aromatic rings. The number of fused-ring (bicyclic) bond motifs is 1. The molecule has 0 spiro atoms. The summed E-state index contributed by atoms with van der Waals surface area (Å²) in [6.45, 7) is 3.02. The zero-order chi connectivity index (χ0) is 20.9. The number of rotatable bonds is 5. The van der Waals surface area contributed by atoms with Gasteiger partial charge in [-0.3, -0.25) is 14.3 Å². The molecule has 5 rings (SSSR count). The maximum atomic E-state index is 12.2. The maximum absolute atomic E-state index is 12.2. The maximum Gasteiger partial charge on any atom is 2.00 e. The number of Topliss-reactive ketones (excluding diaryl/α,β-unsaturated/α-hetero) is 1. The van der Waals surface area contributed by atoms with E-state index in [2.05, 4.69) is 10.3 Å². The van der Waals surface area contributed by atoms with Gasteiger partial charge in [0.1, 0.15) is 0 Å². The van der Waals surface area contributed by atoms with Gasteiger partial charge in [0.2, 0.25) is 0 Å². The van der Waals surface area contributed by atoms with Gasteiger partial charge in [0.15, 0.2) is 0 Å². The van der Waals surface area contributed by atoms with Gasteiger partial charge in [0, 0.05) is 25.2 Å². The third kappa shape index (κ3) is 5.64. The molecular formula is C24H22FeN4O2+2. The Bertz CT molecular complexity index is 893. The number of carbonyl (C=O) groups is 2. The Morgan fingerprint density at radius 3 is 2.26 bits per heavy atom. The third-order valence-corrected chi connectivity index (χ3v) is 4.95. The molecule has 156 valence electrons.